The number of nitro benzene ring substituents is 1. The molecule has 11 nitrogen and oxygen atoms in total. The summed E-state index contributed by atoms with van der Waals surface area (Å²) in [7, 11) is -3.61. The van der Waals surface area contributed by atoms with Gasteiger partial charge in [0.2, 0.25) is 10.0 Å². The zero-order valence-corrected chi connectivity index (χ0v) is 18.6. The number of non-ortho nitro benzene ring substituents is 1. The zero-order chi connectivity index (χ0) is 24.4. The standard InChI is InChI=1S/C19H23N3O4S.C2H2O4/c23-22(24)18-8-10-19(11-9-18)27(25,26)21-15-13-20(14-16-21)12-4-7-17-5-2-1-3-6-17;3-1(4)2(5)6/h1-3,5-6,8-11H,4,7,12-16H2;(H,3,4)(H,5,6). The van der Waals surface area contributed by atoms with Crippen LogP contribution in [0.2, 0.25) is 0 Å². The first-order valence-electron chi connectivity index (χ1n) is 10.1. The van der Waals surface area contributed by atoms with Gasteiger partial charge in [0, 0.05) is 38.3 Å². The normalized spacial score (nSPS) is 14.7. The largest absolute Gasteiger partial charge is 0.473 e. The Bertz CT molecular complexity index is 1040. The summed E-state index contributed by atoms with van der Waals surface area (Å²) < 4.78 is 26.9. The number of hydrogen-bond acceptors (Lipinski definition) is 7. The molecule has 2 aromatic rings. The predicted molar refractivity (Wildman–Crippen MR) is 118 cm³/mol. The zero-order valence-electron chi connectivity index (χ0n) is 17.7. The van der Waals surface area contributed by atoms with Gasteiger partial charge in [-0.15, -0.1) is 0 Å². The first kappa shape index (κ1) is 25.9. The topological polar surface area (TPSA) is 158 Å². The van der Waals surface area contributed by atoms with Gasteiger partial charge in [-0.05, 0) is 37.1 Å². The summed E-state index contributed by atoms with van der Waals surface area (Å²) in [5.74, 6) is -3.65. The van der Waals surface area contributed by atoms with Crippen molar-refractivity contribution in [3.05, 3.63) is 70.3 Å². The van der Waals surface area contributed by atoms with Gasteiger partial charge in [-0.3, -0.25) is 10.1 Å². The molecule has 1 aliphatic heterocycles. The van der Waals surface area contributed by atoms with Gasteiger partial charge in [-0.1, -0.05) is 30.3 Å². The van der Waals surface area contributed by atoms with Crippen LogP contribution in [-0.4, -0.2) is 77.4 Å². The van der Waals surface area contributed by atoms with E-state index in [9.17, 15) is 18.5 Å². The van der Waals surface area contributed by atoms with Crippen molar-refractivity contribution in [2.45, 2.75) is 17.7 Å². The predicted octanol–water partition coefficient (Wildman–Crippen LogP) is 1.69. The van der Waals surface area contributed by atoms with Gasteiger partial charge in [-0.2, -0.15) is 4.31 Å². The lowest BCUT2D eigenvalue weighted by molar-refractivity contribution is -0.384. The van der Waals surface area contributed by atoms with Crippen LogP contribution in [0.4, 0.5) is 5.69 Å². The second-order valence-electron chi connectivity index (χ2n) is 7.20. The lowest BCUT2D eigenvalue weighted by atomic mass is 10.1. The Morgan fingerprint density at radius 3 is 1.94 bits per heavy atom. The maximum Gasteiger partial charge on any atom is 0.414 e. The fraction of sp³-hybridized carbons (Fsp3) is 0.333. The quantitative estimate of drug-likeness (QED) is 0.342. The Balaban J connectivity index is 0.000000569. The number of carboxylic acids is 2. The van der Waals surface area contributed by atoms with Gasteiger partial charge >= 0.3 is 11.9 Å². The number of nitrogens with zero attached hydrogens (tertiary/aromatic N) is 3. The highest BCUT2D eigenvalue weighted by molar-refractivity contribution is 7.89. The third-order valence-corrected chi connectivity index (χ3v) is 6.90. The molecule has 1 saturated heterocycles. The van der Waals surface area contributed by atoms with Crippen molar-refractivity contribution in [1.82, 2.24) is 9.21 Å². The van der Waals surface area contributed by atoms with Crippen LogP contribution in [0.15, 0.2) is 59.5 Å². The molecule has 2 aromatic carbocycles. The lowest BCUT2D eigenvalue weighted by Crippen LogP contribution is -2.48. The van der Waals surface area contributed by atoms with E-state index in [0.717, 1.165) is 19.4 Å². The van der Waals surface area contributed by atoms with Crippen molar-refractivity contribution in [2.75, 3.05) is 32.7 Å². The van der Waals surface area contributed by atoms with E-state index in [1.807, 2.05) is 18.2 Å². The van der Waals surface area contributed by atoms with Crippen molar-refractivity contribution in [3.8, 4) is 0 Å². The van der Waals surface area contributed by atoms with Gasteiger partial charge < -0.3 is 15.1 Å². The number of aliphatic carboxylic acids is 2. The molecule has 0 aromatic heterocycles. The van der Waals surface area contributed by atoms with Crippen LogP contribution < -0.4 is 0 Å². The second-order valence-corrected chi connectivity index (χ2v) is 9.13. The minimum absolute atomic E-state index is 0.102. The Morgan fingerprint density at radius 1 is 0.909 bits per heavy atom. The van der Waals surface area contributed by atoms with Crippen LogP contribution >= 0.6 is 0 Å². The summed E-state index contributed by atoms with van der Waals surface area (Å²) in [5, 5.41) is 25.5. The van der Waals surface area contributed by atoms with Crippen LogP contribution in [0.1, 0.15) is 12.0 Å². The lowest BCUT2D eigenvalue weighted by Gasteiger charge is -2.34. The second kappa shape index (κ2) is 12.0. The van der Waals surface area contributed by atoms with E-state index in [0.29, 0.717) is 26.2 Å². The number of benzene rings is 2. The van der Waals surface area contributed by atoms with Gasteiger partial charge in [-0.25, -0.2) is 18.0 Å². The van der Waals surface area contributed by atoms with Gasteiger partial charge in [0.25, 0.3) is 5.69 Å². The molecule has 0 radical (unpaired) electrons. The molecule has 0 bridgehead atoms. The SMILES string of the molecule is O=C(O)C(=O)O.O=[N+]([O-])c1ccc(S(=O)(=O)N2CCN(CCCc3ccccc3)CC2)cc1. The van der Waals surface area contributed by atoms with E-state index in [1.54, 1.807) is 0 Å². The maximum atomic E-state index is 12.7. The van der Waals surface area contributed by atoms with Crippen molar-refractivity contribution in [3.63, 3.8) is 0 Å². The summed E-state index contributed by atoms with van der Waals surface area (Å²) >= 11 is 0. The molecule has 0 unspecified atom stereocenters. The van der Waals surface area contributed by atoms with Crippen molar-refractivity contribution in [2.24, 2.45) is 0 Å². The summed E-state index contributed by atoms with van der Waals surface area (Å²) in [5.41, 5.74) is 1.20. The van der Waals surface area contributed by atoms with Crippen molar-refractivity contribution < 1.29 is 33.1 Å². The van der Waals surface area contributed by atoms with E-state index < -0.39 is 26.9 Å². The average molecular weight is 480 g/mol. The summed E-state index contributed by atoms with van der Waals surface area (Å²) in [6.07, 6.45) is 2.06. The molecule has 33 heavy (non-hydrogen) atoms. The van der Waals surface area contributed by atoms with Crippen molar-refractivity contribution >= 4 is 27.6 Å². The van der Waals surface area contributed by atoms with Crippen LogP contribution in [0, 0.1) is 10.1 Å². The first-order chi connectivity index (χ1) is 15.6. The maximum absolute atomic E-state index is 12.7. The molecule has 1 heterocycles. The molecule has 178 valence electrons. The van der Waals surface area contributed by atoms with Gasteiger partial charge in [0.15, 0.2) is 0 Å². The van der Waals surface area contributed by atoms with E-state index >= 15 is 0 Å². The van der Waals surface area contributed by atoms with E-state index in [1.165, 1.54) is 34.1 Å². The van der Waals surface area contributed by atoms with Crippen molar-refractivity contribution in [1.29, 1.82) is 0 Å². The van der Waals surface area contributed by atoms with E-state index in [-0.39, 0.29) is 10.6 Å². The molecule has 0 spiro atoms. The Labute approximate surface area is 191 Å². The molecule has 0 aliphatic carbocycles. The van der Waals surface area contributed by atoms with E-state index in [4.69, 9.17) is 19.8 Å². The summed E-state index contributed by atoms with van der Waals surface area (Å²) in [4.78, 5) is 30.8. The highest BCUT2D eigenvalue weighted by Crippen LogP contribution is 2.21. The number of carboxylic acid groups (broad SMARTS) is 2. The number of rotatable bonds is 7. The van der Waals surface area contributed by atoms with Gasteiger partial charge in [0.05, 0.1) is 9.82 Å². The minimum atomic E-state index is -3.61. The number of piperazine rings is 1. The number of nitro groups is 1. The molecule has 0 saturated carbocycles. The number of hydrogen-bond donors (Lipinski definition) is 2. The molecule has 0 amide bonds. The monoisotopic (exact) mass is 479 g/mol. The van der Waals surface area contributed by atoms with Crippen LogP contribution in [0.25, 0.3) is 0 Å². The average Bonchev–Trinajstić information content (AvgIpc) is 2.80. The van der Waals surface area contributed by atoms with E-state index in [2.05, 4.69) is 17.0 Å². The fourth-order valence-corrected chi connectivity index (χ4v) is 4.66. The summed E-state index contributed by atoms with van der Waals surface area (Å²) in [6.45, 7) is 3.21. The van der Waals surface area contributed by atoms with Crippen LogP contribution in [0.5, 0.6) is 0 Å². The molecular weight excluding hydrogens is 454 g/mol. The molecule has 1 aliphatic rings. The Morgan fingerprint density at radius 2 is 1.45 bits per heavy atom. The number of carbonyl (C=O) groups is 2. The van der Waals surface area contributed by atoms with Gasteiger partial charge in [0.1, 0.15) is 0 Å². The molecule has 1 fully saturated rings. The summed E-state index contributed by atoms with van der Waals surface area (Å²) in [6, 6.07) is 15.4. The number of aryl methyl sites for hydroxylation is 1. The highest BCUT2D eigenvalue weighted by atomic mass is 32.2. The Hall–Kier alpha value is -3.35. The Kier molecular flexibility index (Phi) is 9.45. The molecule has 0 atom stereocenters. The molecule has 3 rings (SSSR count). The first-order valence-corrected chi connectivity index (χ1v) is 11.5. The van der Waals surface area contributed by atoms with Crippen LogP contribution in [-0.2, 0) is 26.0 Å². The molecule has 12 heteroatoms. The highest BCUT2D eigenvalue weighted by Gasteiger charge is 2.28. The third-order valence-electron chi connectivity index (χ3n) is 4.98. The third kappa shape index (κ3) is 7.93. The minimum Gasteiger partial charge on any atom is -0.473 e. The molecule has 2 N–H and O–H groups in total. The molecular formula is C21H25N3O8S. The number of sulfonamides is 1. The fourth-order valence-electron chi connectivity index (χ4n) is 3.23. The smallest absolute Gasteiger partial charge is 0.414 e. The van der Waals surface area contributed by atoms with Crippen LogP contribution in [0.3, 0.4) is 0 Å².